The molecule has 25 heavy (non-hydrogen) atoms. The van der Waals surface area contributed by atoms with Gasteiger partial charge in [-0.1, -0.05) is 0 Å². The molecule has 1 aromatic heterocycles. The number of carbonyl (C=O) groups excluding carboxylic acids is 2. The number of primary amides is 1. The van der Waals surface area contributed by atoms with Gasteiger partial charge in [0.2, 0.25) is 5.91 Å². The van der Waals surface area contributed by atoms with Gasteiger partial charge in [0.1, 0.15) is 17.3 Å². The number of amides is 2. The lowest BCUT2D eigenvalue weighted by Gasteiger charge is -2.25. The topological polar surface area (TPSA) is 88.6 Å². The fourth-order valence-corrected chi connectivity index (χ4v) is 3.16. The van der Waals surface area contributed by atoms with Crippen LogP contribution in [0.25, 0.3) is 0 Å². The van der Waals surface area contributed by atoms with Crippen molar-refractivity contribution in [1.82, 2.24) is 9.47 Å². The zero-order valence-corrected chi connectivity index (χ0v) is 13.4. The quantitative estimate of drug-likeness (QED) is 0.877. The number of hydrogen-bond donors (Lipinski definition) is 2. The van der Waals surface area contributed by atoms with Gasteiger partial charge in [0, 0.05) is 25.4 Å². The average molecular weight is 349 g/mol. The molecule has 0 bridgehead atoms. The van der Waals surface area contributed by atoms with Crippen molar-refractivity contribution in [3.63, 3.8) is 0 Å². The van der Waals surface area contributed by atoms with Gasteiger partial charge in [-0.25, -0.2) is 8.78 Å². The molecule has 1 fully saturated rings. The lowest BCUT2D eigenvalue weighted by molar-refractivity contribution is 0.0704. The number of nitrogens with zero attached hydrogens (tertiary/aromatic N) is 2. The fourth-order valence-electron chi connectivity index (χ4n) is 3.16. The molecule has 0 radical (unpaired) electrons. The molecule has 3 rings (SSSR count). The smallest absolute Gasteiger partial charge is 0.271 e. The maximum Gasteiger partial charge on any atom is 0.271 e. The Hall–Kier alpha value is -2.74. The number of hydrogen-bond acceptors (Lipinski definition) is 3. The molecular formula is C17H17F2N3O3. The van der Waals surface area contributed by atoms with Crippen LogP contribution in [0, 0.1) is 11.6 Å². The number of likely N-dealkylation sites (tertiary alicyclic amines) is 1. The van der Waals surface area contributed by atoms with Crippen LogP contribution in [0.2, 0.25) is 0 Å². The Morgan fingerprint density at radius 3 is 2.64 bits per heavy atom. The highest BCUT2D eigenvalue weighted by atomic mass is 19.1. The van der Waals surface area contributed by atoms with E-state index in [2.05, 4.69) is 0 Å². The summed E-state index contributed by atoms with van der Waals surface area (Å²) in [6.45, 7) is -0.0173. The zero-order valence-electron chi connectivity index (χ0n) is 13.4. The molecule has 6 nitrogen and oxygen atoms in total. The maximum absolute atomic E-state index is 14.1. The molecular weight excluding hydrogens is 332 g/mol. The Morgan fingerprint density at radius 1 is 1.28 bits per heavy atom. The summed E-state index contributed by atoms with van der Waals surface area (Å²) >= 11 is 0. The number of β-amino-alcohol motifs (C(OH)–C–C–N with tert-alkyl or cyclic N) is 1. The monoisotopic (exact) mass is 349 g/mol. The Morgan fingerprint density at radius 2 is 2.00 bits per heavy atom. The van der Waals surface area contributed by atoms with Crippen molar-refractivity contribution < 1.29 is 23.5 Å². The Kier molecular flexibility index (Phi) is 4.30. The molecule has 2 heterocycles. The third kappa shape index (κ3) is 3.12. The fraction of sp³-hybridized carbons (Fsp3) is 0.294. The second-order valence-electron chi connectivity index (χ2n) is 6.12. The van der Waals surface area contributed by atoms with E-state index in [-0.39, 0.29) is 29.8 Å². The van der Waals surface area contributed by atoms with Crippen LogP contribution >= 0.6 is 0 Å². The van der Waals surface area contributed by atoms with Gasteiger partial charge in [0.15, 0.2) is 0 Å². The number of aliphatic hydroxyl groups excluding tert-OH is 1. The van der Waals surface area contributed by atoms with Gasteiger partial charge in [-0.15, -0.1) is 0 Å². The van der Waals surface area contributed by atoms with Gasteiger partial charge < -0.3 is 20.3 Å². The molecule has 1 aliphatic rings. The lowest BCUT2D eigenvalue weighted by atomic mass is 10.0. The predicted octanol–water partition coefficient (Wildman–Crippen LogP) is 1.35. The van der Waals surface area contributed by atoms with Crippen LogP contribution in [0.5, 0.6) is 0 Å². The van der Waals surface area contributed by atoms with E-state index in [1.54, 1.807) is 7.05 Å². The molecule has 0 aliphatic carbocycles. The number of carbonyl (C=O) groups is 2. The summed E-state index contributed by atoms with van der Waals surface area (Å²) in [5.41, 5.74) is 5.56. The maximum atomic E-state index is 14.1. The number of nitrogens with two attached hydrogens (primary N) is 1. The highest BCUT2D eigenvalue weighted by Gasteiger charge is 2.38. The molecule has 8 heteroatoms. The van der Waals surface area contributed by atoms with Gasteiger partial charge in [0.05, 0.1) is 17.7 Å². The predicted molar refractivity (Wildman–Crippen MR) is 84.7 cm³/mol. The van der Waals surface area contributed by atoms with Crippen molar-refractivity contribution in [1.29, 1.82) is 0 Å². The largest absolute Gasteiger partial charge is 0.391 e. The average Bonchev–Trinajstić information content (AvgIpc) is 3.12. The first-order valence-corrected chi connectivity index (χ1v) is 7.68. The van der Waals surface area contributed by atoms with Crippen LogP contribution < -0.4 is 5.73 Å². The van der Waals surface area contributed by atoms with E-state index in [0.717, 1.165) is 18.2 Å². The second kappa shape index (κ2) is 6.29. The first-order chi connectivity index (χ1) is 11.8. The van der Waals surface area contributed by atoms with Crippen molar-refractivity contribution in [2.45, 2.75) is 18.6 Å². The van der Waals surface area contributed by atoms with Crippen LogP contribution in [-0.2, 0) is 7.05 Å². The third-order valence-corrected chi connectivity index (χ3v) is 4.37. The summed E-state index contributed by atoms with van der Waals surface area (Å²) in [6, 6.07) is 3.55. The normalized spacial score (nSPS) is 20.1. The molecule has 1 aromatic carbocycles. The number of benzene rings is 1. The van der Waals surface area contributed by atoms with Crippen molar-refractivity contribution >= 4 is 11.8 Å². The van der Waals surface area contributed by atoms with Crippen LogP contribution in [0.1, 0.15) is 38.9 Å². The number of rotatable bonds is 3. The van der Waals surface area contributed by atoms with E-state index in [9.17, 15) is 23.5 Å². The summed E-state index contributed by atoms with van der Waals surface area (Å²) < 4.78 is 29.1. The van der Waals surface area contributed by atoms with E-state index in [1.165, 1.54) is 21.7 Å². The lowest BCUT2D eigenvalue weighted by Crippen LogP contribution is -2.33. The summed E-state index contributed by atoms with van der Waals surface area (Å²) in [4.78, 5) is 25.4. The molecule has 1 saturated heterocycles. The van der Waals surface area contributed by atoms with E-state index >= 15 is 0 Å². The van der Waals surface area contributed by atoms with Gasteiger partial charge in [0.25, 0.3) is 5.91 Å². The number of aryl methyl sites for hydroxylation is 1. The number of aliphatic hydroxyl groups is 1. The minimum absolute atomic E-state index is 0.00855. The van der Waals surface area contributed by atoms with Gasteiger partial charge in [-0.05, 0) is 30.7 Å². The third-order valence-electron chi connectivity index (χ3n) is 4.37. The highest BCUT2D eigenvalue weighted by molar-refractivity contribution is 5.99. The van der Waals surface area contributed by atoms with Gasteiger partial charge in [-0.2, -0.15) is 0 Å². The second-order valence-corrected chi connectivity index (χ2v) is 6.12. The van der Waals surface area contributed by atoms with Crippen LogP contribution in [0.3, 0.4) is 0 Å². The number of halogens is 2. The first-order valence-electron chi connectivity index (χ1n) is 7.68. The molecule has 2 atom stereocenters. The van der Waals surface area contributed by atoms with E-state index in [1.807, 2.05) is 0 Å². The van der Waals surface area contributed by atoms with Crippen molar-refractivity contribution in [3.8, 4) is 0 Å². The molecule has 0 saturated carbocycles. The molecule has 2 aromatic rings. The van der Waals surface area contributed by atoms with Crippen molar-refractivity contribution in [2.75, 3.05) is 6.54 Å². The van der Waals surface area contributed by atoms with Crippen LogP contribution in [0.15, 0.2) is 30.5 Å². The van der Waals surface area contributed by atoms with E-state index < -0.39 is 35.6 Å². The molecule has 2 amide bonds. The van der Waals surface area contributed by atoms with Crippen LogP contribution in [0.4, 0.5) is 8.78 Å². The van der Waals surface area contributed by atoms with Gasteiger partial charge >= 0.3 is 0 Å². The number of aromatic nitrogens is 1. The summed E-state index contributed by atoms with van der Waals surface area (Å²) in [5, 5.41) is 9.96. The van der Waals surface area contributed by atoms with Gasteiger partial charge in [-0.3, -0.25) is 9.59 Å². The summed E-state index contributed by atoms with van der Waals surface area (Å²) in [7, 11) is 1.57. The minimum Gasteiger partial charge on any atom is -0.391 e. The molecule has 132 valence electrons. The van der Waals surface area contributed by atoms with Crippen molar-refractivity contribution in [2.24, 2.45) is 12.8 Å². The summed E-state index contributed by atoms with van der Waals surface area (Å²) in [5.74, 6) is -2.45. The Balaban J connectivity index is 1.98. The van der Waals surface area contributed by atoms with Crippen LogP contribution in [-0.4, -0.2) is 39.0 Å². The summed E-state index contributed by atoms with van der Waals surface area (Å²) in [6.07, 6.45) is 0.659. The first kappa shape index (κ1) is 17.1. The SMILES string of the molecule is Cn1cc(C(N)=O)cc1C(=O)N1C[C@@H](O)C[C@@H]1c1cc(F)ccc1F. The van der Waals surface area contributed by atoms with Crippen molar-refractivity contribution in [3.05, 3.63) is 58.9 Å². The Labute approximate surface area is 142 Å². The molecule has 0 spiro atoms. The minimum atomic E-state index is -0.854. The highest BCUT2D eigenvalue weighted by Crippen LogP contribution is 2.35. The zero-order chi connectivity index (χ0) is 18.3. The molecule has 3 N–H and O–H groups in total. The van der Waals surface area contributed by atoms with E-state index in [4.69, 9.17) is 5.73 Å². The Bertz CT molecular complexity index is 850. The molecule has 0 unspecified atom stereocenters. The molecule has 1 aliphatic heterocycles. The standard InChI is InChI=1S/C17H17F2N3O3/c1-21-7-9(16(20)24)4-15(21)17(25)22-8-11(23)6-14(22)12-5-10(18)2-3-13(12)19/h2-5,7,11,14,23H,6,8H2,1H3,(H2,20,24)/t11-,14+/m0/s1. The van der Waals surface area contributed by atoms with E-state index in [0.29, 0.717) is 0 Å².